The predicted octanol–water partition coefficient (Wildman–Crippen LogP) is 6.59. The second kappa shape index (κ2) is 6.29. The minimum absolute atomic E-state index is 0.138. The fourth-order valence-corrected chi connectivity index (χ4v) is 4.90. The molecule has 0 spiro atoms. The van der Waals surface area contributed by atoms with Gasteiger partial charge in [-0.1, -0.05) is 51.3 Å². The molecular weight excluding hydrogens is 409 g/mol. The maximum atomic E-state index is 6.50. The summed E-state index contributed by atoms with van der Waals surface area (Å²) >= 11 is 16.3. The second-order valence-corrected chi connectivity index (χ2v) is 7.97. The Morgan fingerprint density at radius 3 is 2.83 bits per heavy atom. The first-order valence-electron chi connectivity index (χ1n) is 7.84. The van der Waals surface area contributed by atoms with E-state index in [-0.39, 0.29) is 6.04 Å². The van der Waals surface area contributed by atoms with Gasteiger partial charge >= 0.3 is 0 Å². The van der Waals surface area contributed by atoms with Crippen LogP contribution in [0.1, 0.15) is 29.5 Å². The molecule has 1 heterocycles. The normalized spacial score (nSPS) is 24.2. The third kappa shape index (κ3) is 2.63. The summed E-state index contributed by atoms with van der Waals surface area (Å²) in [5.41, 5.74) is 3.30. The number of benzene rings is 2. The fraction of sp³-hybridized carbons (Fsp3) is 0.263. The molecule has 0 aromatic heterocycles. The van der Waals surface area contributed by atoms with E-state index in [1.807, 2.05) is 24.3 Å². The van der Waals surface area contributed by atoms with Crippen LogP contribution in [0, 0.1) is 5.92 Å². The number of methoxy groups -OCH3 is 1. The maximum absolute atomic E-state index is 6.50. The number of rotatable bonds is 2. The van der Waals surface area contributed by atoms with Crippen molar-refractivity contribution in [2.24, 2.45) is 5.92 Å². The number of halogens is 3. The highest BCUT2D eigenvalue weighted by Crippen LogP contribution is 2.53. The molecule has 5 heteroatoms. The molecule has 2 aromatic rings. The monoisotopic (exact) mass is 423 g/mol. The third-order valence-electron chi connectivity index (χ3n) is 4.91. The molecular formula is C19H16BrCl2NO. The predicted molar refractivity (Wildman–Crippen MR) is 104 cm³/mol. The number of ether oxygens (including phenoxy) is 1. The molecule has 2 aliphatic rings. The van der Waals surface area contributed by atoms with Crippen LogP contribution in [-0.2, 0) is 0 Å². The quantitative estimate of drug-likeness (QED) is 0.549. The van der Waals surface area contributed by atoms with Crippen LogP contribution in [0.25, 0.3) is 0 Å². The molecule has 1 N–H and O–H groups in total. The first kappa shape index (κ1) is 16.3. The van der Waals surface area contributed by atoms with E-state index >= 15 is 0 Å². The molecule has 4 rings (SSSR count). The maximum Gasteiger partial charge on any atom is 0.124 e. The zero-order valence-corrected chi connectivity index (χ0v) is 16.1. The van der Waals surface area contributed by atoms with Crippen molar-refractivity contribution in [1.29, 1.82) is 0 Å². The van der Waals surface area contributed by atoms with E-state index < -0.39 is 0 Å². The standard InChI is InChI=1S/C19H16BrCl2NO/c1-24-17-6-5-10(20)7-14(17)19-13-4-2-3-12(13)18-15(22)8-11(21)9-16(18)23-19/h2-3,5-9,12-13,19,23H,4H2,1H3/t12-,13+,19-/m1/s1. The summed E-state index contributed by atoms with van der Waals surface area (Å²) in [6.45, 7) is 0. The highest BCUT2D eigenvalue weighted by molar-refractivity contribution is 9.10. The van der Waals surface area contributed by atoms with Crippen molar-refractivity contribution < 1.29 is 4.74 Å². The van der Waals surface area contributed by atoms with Gasteiger partial charge in [-0.3, -0.25) is 0 Å². The topological polar surface area (TPSA) is 21.3 Å². The summed E-state index contributed by atoms with van der Waals surface area (Å²) in [6.07, 6.45) is 5.52. The highest BCUT2D eigenvalue weighted by Gasteiger charge is 2.40. The van der Waals surface area contributed by atoms with Crippen molar-refractivity contribution in [2.45, 2.75) is 18.4 Å². The number of fused-ring (bicyclic) bond motifs is 3. The van der Waals surface area contributed by atoms with Crippen LogP contribution in [0.2, 0.25) is 10.0 Å². The zero-order valence-electron chi connectivity index (χ0n) is 13.0. The van der Waals surface area contributed by atoms with Crippen LogP contribution in [0.5, 0.6) is 5.75 Å². The SMILES string of the molecule is COc1ccc(Br)cc1[C@@H]1Nc2cc(Cl)cc(Cl)c2[C@@H]2C=CC[C@@H]21. The third-order valence-corrected chi connectivity index (χ3v) is 5.93. The Morgan fingerprint density at radius 2 is 2.04 bits per heavy atom. The zero-order chi connectivity index (χ0) is 16.8. The Balaban J connectivity index is 1.86. The molecule has 2 nitrogen and oxygen atoms in total. The van der Waals surface area contributed by atoms with Gasteiger partial charge in [0.2, 0.25) is 0 Å². The molecule has 1 aliphatic heterocycles. The Kier molecular flexibility index (Phi) is 4.27. The molecule has 0 saturated heterocycles. The van der Waals surface area contributed by atoms with Crippen molar-refractivity contribution in [1.82, 2.24) is 0 Å². The second-order valence-electron chi connectivity index (χ2n) is 6.21. The van der Waals surface area contributed by atoms with E-state index in [2.05, 4.69) is 39.5 Å². The van der Waals surface area contributed by atoms with Crippen LogP contribution in [0.15, 0.2) is 47.0 Å². The van der Waals surface area contributed by atoms with E-state index in [1.54, 1.807) is 7.11 Å². The van der Waals surface area contributed by atoms with Gasteiger partial charge in [0.05, 0.1) is 13.2 Å². The number of nitrogens with one attached hydrogen (secondary N) is 1. The lowest BCUT2D eigenvalue weighted by molar-refractivity contribution is 0.381. The van der Waals surface area contributed by atoms with Gasteiger partial charge in [0.25, 0.3) is 0 Å². The molecule has 0 unspecified atom stereocenters. The lowest BCUT2D eigenvalue weighted by atomic mass is 9.77. The molecule has 24 heavy (non-hydrogen) atoms. The van der Waals surface area contributed by atoms with Crippen LogP contribution in [0.4, 0.5) is 5.69 Å². The van der Waals surface area contributed by atoms with E-state index in [0.717, 1.165) is 38.5 Å². The van der Waals surface area contributed by atoms with Crippen LogP contribution in [-0.4, -0.2) is 7.11 Å². The van der Waals surface area contributed by atoms with Crippen molar-refractivity contribution in [2.75, 3.05) is 12.4 Å². The molecule has 0 fully saturated rings. The van der Waals surface area contributed by atoms with Crippen LogP contribution >= 0.6 is 39.1 Å². The smallest absolute Gasteiger partial charge is 0.124 e. The Morgan fingerprint density at radius 1 is 1.21 bits per heavy atom. The van der Waals surface area contributed by atoms with Gasteiger partial charge in [-0.25, -0.2) is 0 Å². The van der Waals surface area contributed by atoms with Crippen molar-refractivity contribution in [3.8, 4) is 5.75 Å². The number of anilines is 1. The fourth-order valence-electron chi connectivity index (χ4n) is 3.90. The van der Waals surface area contributed by atoms with E-state index in [1.165, 1.54) is 0 Å². The lowest BCUT2D eigenvalue weighted by Crippen LogP contribution is -2.29. The van der Waals surface area contributed by atoms with Crippen molar-refractivity contribution in [3.63, 3.8) is 0 Å². The van der Waals surface area contributed by atoms with E-state index in [0.29, 0.717) is 16.9 Å². The summed E-state index contributed by atoms with van der Waals surface area (Å²) in [6, 6.07) is 10.0. The Hall–Kier alpha value is -1.16. The Bertz CT molecular complexity index is 836. The largest absolute Gasteiger partial charge is 0.496 e. The molecule has 0 bridgehead atoms. The minimum atomic E-state index is 0.138. The van der Waals surface area contributed by atoms with Crippen LogP contribution in [0.3, 0.4) is 0 Å². The Labute approximate surface area is 159 Å². The molecule has 2 aromatic carbocycles. The first-order valence-corrected chi connectivity index (χ1v) is 9.39. The number of allylic oxidation sites excluding steroid dienone is 2. The molecule has 0 saturated carbocycles. The summed E-state index contributed by atoms with van der Waals surface area (Å²) in [4.78, 5) is 0. The molecule has 124 valence electrons. The number of hydrogen-bond acceptors (Lipinski definition) is 2. The van der Waals surface area contributed by atoms with Gasteiger partial charge in [0.1, 0.15) is 5.75 Å². The van der Waals surface area contributed by atoms with Gasteiger partial charge in [0, 0.05) is 37.3 Å². The average Bonchev–Trinajstić information content (AvgIpc) is 3.02. The molecule has 0 radical (unpaired) electrons. The average molecular weight is 425 g/mol. The summed E-state index contributed by atoms with van der Waals surface area (Å²) < 4.78 is 6.64. The van der Waals surface area contributed by atoms with Gasteiger partial charge in [-0.2, -0.15) is 0 Å². The summed E-state index contributed by atoms with van der Waals surface area (Å²) in [7, 11) is 1.71. The number of hydrogen-bond donors (Lipinski definition) is 1. The molecule has 3 atom stereocenters. The van der Waals surface area contributed by atoms with E-state index in [9.17, 15) is 0 Å². The highest BCUT2D eigenvalue weighted by atomic mass is 79.9. The summed E-state index contributed by atoms with van der Waals surface area (Å²) in [5, 5.41) is 5.03. The molecule has 1 aliphatic carbocycles. The van der Waals surface area contributed by atoms with Gasteiger partial charge in [0.15, 0.2) is 0 Å². The van der Waals surface area contributed by atoms with Crippen molar-refractivity contribution >= 4 is 44.8 Å². The van der Waals surface area contributed by atoms with Gasteiger partial charge in [-0.05, 0) is 42.7 Å². The van der Waals surface area contributed by atoms with Crippen molar-refractivity contribution in [3.05, 3.63) is 68.1 Å². The van der Waals surface area contributed by atoms with Crippen LogP contribution < -0.4 is 10.1 Å². The van der Waals surface area contributed by atoms with Gasteiger partial charge < -0.3 is 10.1 Å². The van der Waals surface area contributed by atoms with E-state index in [4.69, 9.17) is 27.9 Å². The lowest BCUT2D eigenvalue weighted by Gasteiger charge is -2.38. The van der Waals surface area contributed by atoms with Gasteiger partial charge in [-0.15, -0.1) is 0 Å². The minimum Gasteiger partial charge on any atom is -0.496 e. The molecule has 0 amide bonds. The first-order chi connectivity index (χ1) is 11.6. The summed E-state index contributed by atoms with van der Waals surface area (Å²) in [5.74, 6) is 1.58.